The molecule has 0 radical (unpaired) electrons. The Hall–Kier alpha value is -1.68. The highest BCUT2D eigenvalue weighted by atomic mass is 19.1. The van der Waals surface area contributed by atoms with Gasteiger partial charge in [-0.05, 0) is 45.0 Å². The molecule has 2 rings (SSSR count). The molecule has 0 bridgehead atoms. The molecule has 0 aliphatic rings. The van der Waals surface area contributed by atoms with Gasteiger partial charge in [0, 0.05) is 24.3 Å². The summed E-state index contributed by atoms with van der Waals surface area (Å²) in [6.07, 6.45) is 0.752. The van der Waals surface area contributed by atoms with E-state index in [9.17, 15) is 4.39 Å². The van der Waals surface area contributed by atoms with Crippen molar-refractivity contribution in [2.45, 2.75) is 26.3 Å². The van der Waals surface area contributed by atoms with Gasteiger partial charge in [-0.1, -0.05) is 12.1 Å². The average molecular weight is 261 g/mol. The zero-order valence-electron chi connectivity index (χ0n) is 11.9. The highest BCUT2D eigenvalue weighted by Crippen LogP contribution is 2.24. The van der Waals surface area contributed by atoms with E-state index in [0.29, 0.717) is 0 Å². The van der Waals surface area contributed by atoms with Crippen LogP contribution in [0.1, 0.15) is 28.6 Å². The van der Waals surface area contributed by atoms with Gasteiger partial charge in [0.05, 0.1) is 5.69 Å². The molecular weight excluding hydrogens is 241 g/mol. The minimum absolute atomic E-state index is 0.149. The van der Waals surface area contributed by atoms with Gasteiger partial charge in [0.25, 0.3) is 0 Å². The summed E-state index contributed by atoms with van der Waals surface area (Å²) in [5.41, 5.74) is 4.36. The minimum Gasteiger partial charge on any atom is -0.313 e. The molecule has 1 N–H and O–H groups in total. The number of halogens is 1. The number of hydrogen-bond donors (Lipinski definition) is 1. The quantitative estimate of drug-likeness (QED) is 0.917. The van der Waals surface area contributed by atoms with E-state index >= 15 is 0 Å². The Morgan fingerprint density at radius 2 is 2.11 bits per heavy atom. The third-order valence-electron chi connectivity index (χ3n) is 3.59. The van der Waals surface area contributed by atoms with Crippen LogP contribution in [0.5, 0.6) is 0 Å². The number of benzene rings is 1. The molecule has 19 heavy (non-hydrogen) atoms. The van der Waals surface area contributed by atoms with Crippen LogP contribution in [0.15, 0.2) is 24.3 Å². The molecule has 3 nitrogen and oxygen atoms in total. The largest absolute Gasteiger partial charge is 0.313 e. The molecule has 1 unspecified atom stereocenters. The van der Waals surface area contributed by atoms with Crippen molar-refractivity contribution in [3.8, 4) is 0 Å². The topological polar surface area (TPSA) is 29.9 Å². The zero-order chi connectivity index (χ0) is 14.0. The molecule has 1 aromatic heterocycles. The first-order valence-corrected chi connectivity index (χ1v) is 6.44. The Morgan fingerprint density at radius 1 is 1.37 bits per heavy atom. The van der Waals surface area contributed by atoms with Crippen molar-refractivity contribution in [1.82, 2.24) is 15.1 Å². The predicted molar refractivity (Wildman–Crippen MR) is 74.6 cm³/mol. The number of nitrogens with one attached hydrogen (secondary N) is 1. The number of likely N-dealkylation sites (N-methyl/N-ethyl adjacent to an activating group) is 1. The standard InChI is InChI=1S/C15H20FN3/c1-10-15(11(2)19(4)18-10)14(17-3)9-12-6-5-7-13(16)8-12/h5-8,14,17H,9H2,1-4H3. The van der Waals surface area contributed by atoms with Gasteiger partial charge in [-0.25, -0.2) is 4.39 Å². The lowest BCUT2D eigenvalue weighted by molar-refractivity contribution is 0.578. The maximum Gasteiger partial charge on any atom is 0.123 e. The van der Waals surface area contributed by atoms with Crippen LogP contribution in [-0.4, -0.2) is 16.8 Å². The van der Waals surface area contributed by atoms with E-state index in [4.69, 9.17) is 0 Å². The third kappa shape index (κ3) is 2.84. The highest BCUT2D eigenvalue weighted by Gasteiger charge is 2.19. The second-order valence-electron chi connectivity index (χ2n) is 4.88. The summed E-state index contributed by atoms with van der Waals surface area (Å²) >= 11 is 0. The molecule has 1 aromatic carbocycles. The highest BCUT2D eigenvalue weighted by molar-refractivity contribution is 5.30. The molecule has 0 aliphatic carbocycles. The van der Waals surface area contributed by atoms with Crippen LogP contribution in [0.4, 0.5) is 4.39 Å². The average Bonchev–Trinajstić information content (AvgIpc) is 2.61. The van der Waals surface area contributed by atoms with Crippen LogP contribution in [0.3, 0.4) is 0 Å². The minimum atomic E-state index is -0.188. The smallest absolute Gasteiger partial charge is 0.123 e. The van der Waals surface area contributed by atoms with Crippen molar-refractivity contribution in [1.29, 1.82) is 0 Å². The summed E-state index contributed by atoms with van der Waals surface area (Å²) in [5.74, 6) is -0.188. The molecule has 0 saturated carbocycles. The molecule has 102 valence electrons. The van der Waals surface area contributed by atoms with E-state index in [2.05, 4.69) is 17.3 Å². The lowest BCUT2D eigenvalue weighted by Crippen LogP contribution is -2.20. The van der Waals surface area contributed by atoms with E-state index in [1.807, 2.05) is 31.8 Å². The number of rotatable bonds is 4. The fourth-order valence-corrected chi connectivity index (χ4v) is 2.54. The lowest BCUT2D eigenvalue weighted by atomic mass is 9.97. The molecule has 1 atom stereocenters. The maximum atomic E-state index is 13.2. The molecular formula is C15H20FN3. The van der Waals surface area contributed by atoms with Crippen LogP contribution in [-0.2, 0) is 13.5 Å². The Bertz CT molecular complexity index is 575. The van der Waals surface area contributed by atoms with Gasteiger partial charge in [-0.2, -0.15) is 5.10 Å². The molecule has 2 aromatic rings. The van der Waals surface area contributed by atoms with Gasteiger partial charge < -0.3 is 5.32 Å². The van der Waals surface area contributed by atoms with Crippen LogP contribution in [0, 0.1) is 19.7 Å². The van der Waals surface area contributed by atoms with E-state index in [0.717, 1.165) is 23.4 Å². The van der Waals surface area contributed by atoms with Crippen molar-refractivity contribution in [2.24, 2.45) is 7.05 Å². The SMILES string of the molecule is CNC(Cc1cccc(F)c1)c1c(C)nn(C)c1C. The molecule has 0 spiro atoms. The van der Waals surface area contributed by atoms with Crippen molar-refractivity contribution in [2.75, 3.05) is 7.05 Å². The molecule has 0 amide bonds. The number of aryl methyl sites for hydroxylation is 2. The monoisotopic (exact) mass is 261 g/mol. The summed E-state index contributed by atoms with van der Waals surface area (Å²) in [7, 11) is 3.87. The molecule has 0 saturated heterocycles. The number of hydrogen-bond acceptors (Lipinski definition) is 2. The molecule has 0 fully saturated rings. The summed E-state index contributed by atoms with van der Waals surface area (Å²) in [4.78, 5) is 0. The Balaban J connectivity index is 2.30. The predicted octanol–water partition coefficient (Wildman–Crippen LogP) is 2.68. The van der Waals surface area contributed by atoms with Gasteiger partial charge in [0.2, 0.25) is 0 Å². The first kappa shape index (κ1) is 13.7. The van der Waals surface area contributed by atoms with Gasteiger partial charge in [0.15, 0.2) is 0 Å². The first-order valence-electron chi connectivity index (χ1n) is 6.44. The summed E-state index contributed by atoms with van der Waals surface area (Å²) in [5, 5.41) is 7.75. The molecule has 4 heteroatoms. The van der Waals surface area contributed by atoms with Gasteiger partial charge >= 0.3 is 0 Å². The van der Waals surface area contributed by atoms with Crippen molar-refractivity contribution in [3.05, 3.63) is 52.6 Å². The van der Waals surface area contributed by atoms with Crippen LogP contribution in [0.25, 0.3) is 0 Å². The van der Waals surface area contributed by atoms with Crippen LogP contribution >= 0.6 is 0 Å². The number of aromatic nitrogens is 2. The maximum absolute atomic E-state index is 13.2. The van der Waals surface area contributed by atoms with Gasteiger partial charge in [-0.3, -0.25) is 4.68 Å². The Morgan fingerprint density at radius 3 is 2.63 bits per heavy atom. The second kappa shape index (κ2) is 5.53. The zero-order valence-corrected chi connectivity index (χ0v) is 11.9. The number of nitrogens with zero attached hydrogens (tertiary/aromatic N) is 2. The lowest BCUT2D eigenvalue weighted by Gasteiger charge is -2.17. The molecule has 1 heterocycles. The van der Waals surface area contributed by atoms with E-state index in [1.54, 1.807) is 12.1 Å². The van der Waals surface area contributed by atoms with Crippen LogP contribution < -0.4 is 5.32 Å². The Kier molecular flexibility index (Phi) is 4.00. The molecule has 0 aliphatic heterocycles. The normalized spacial score (nSPS) is 12.7. The van der Waals surface area contributed by atoms with E-state index < -0.39 is 0 Å². The summed E-state index contributed by atoms with van der Waals surface area (Å²) in [6, 6.07) is 6.91. The fourth-order valence-electron chi connectivity index (χ4n) is 2.54. The second-order valence-corrected chi connectivity index (χ2v) is 4.88. The van der Waals surface area contributed by atoms with Gasteiger partial charge in [0.1, 0.15) is 5.82 Å². The van der Waals surface area contributed by atoms with E-state index in [1.165, 1.54) is 11.6 Å². The summed E-state index contributed by atoms with van der Waals surface area (Å²) < 4.78 is 15.1. The Labute approximate surface area is 113 Å². The van der Waals surface area contributed by atoms with Gasteiger partial charge in [-0.15, -0.1) is 0 Å². The first-order chi connectivity index (χ1) is 9.02. The van der Waals surface area contributed by atoms with Crippen molar-refractivity contribution in [3.63, 3.8) is 0 Å². The van der Waals surface area contributed by atoms with E-state index in [-0.39, 0.29) is 11.9 Å². The fraction of sp³-hybridized carbons (Fsp3) is 0.400. The van der Waals surface area contributed by atoms with Crippen molar-refractivity contribution < 1.29 is 4.39 Å². The van der Waals surface area contributed by atoms with Crippen molar-refractivity contribution >= 4 is 0 Å². The van der Waals surface area contributed by atoms with Crippen LogP contribution in [0.2, 0.25) is 0 Å². The third-order valence-corrected chi connectivity index (χ3v) is 3.59. The summed E-state index contributed by atoms with van der Waals surface area (Å²) in [6.45, 7) is 4.07.